The van der Waals surface area contributed by atoms with Crippen LogP contribution in [0.4, 0.5) is 0 Å². The fourth-order valence-electron chi connectivity index (χ4n) is 3.08. The van der Waals surface area contributed by atoms with Crippen LogP contribution in [0, 0.1) is 5.92 Å². The van der Waals surface area contributed by atoms with Crippen LogP contribution in [0.1, 0.15) is 36.8 Å². The Morgan fingerprint density at radius 2 is 2.29 bits per heavy atom. The van der Waals surface area contributed by atoms with Crippen LogP contribution in [0.3, 0.4) is 0 Å². The Hall–Kier alpha value is -1.73. The summed E-state index contributed by atoms with van der Waals surface area (Å²) in [6.45, 7) is 4.40. The minimum atomic E-state index is -0.704. The fraction of sp³-hybridized carbons (Fsp3) is 0.588. The van der Waals surface area contributed by atoms with E-state index in [-0.39, 0.29) is 12.2 Å². The topological polar surface area (TPSA) is 70.4 Å². The van der Waals surface area contributed by atoms with E-state index in [4.69, 9.17) is 9.47 Å². The van der Waals surface area contributed by atoms with Gasteiger partial charge in [-0.3, -0.25) is 9.36 Å². The molecule has 0 radical (unpaired) electrons. The second-order valence-corrected chi connectivity index (χ2v) is 7.41. The maximum absolute atomic E-state index is 12.9. The molecule has 0 saturated carbocycles. The molecule has 7 heteroatoms. The van der Waals surface area contributed by atoms with Crippen LogP contribution in [0.2, 0.25) is 0 Å². The Labute approximate surface area is 144 Å². The summed E-state index contributed by atoms with van der Waals surface area (Å²) in [5.74, 6) is 0.190. The monoisotopic (exact) mass is 350 g/mol. The molecule has 2 aromatic heterocycles. The zero-order valence-electron chi connectivity index (χ0n) is 14.2. The number of aryl methyl sites for hydroxylation is 1. The summed E-state index contributed by atoms with van der Waals surface area (Å²) in [6, 6.07) is -0.704. The van der Waals surface area contributed by atoms with Crippen molar-refractivity contribution in [1.82, 2.24) is 9.55 Å². The smallest absolute Gasteiger partial charge is 0.329 e. The molecule has 0 spiro atoms. The maximum atomic E-state index is 12.9. The predicted octanol–water partition coefficient (Wildman–Crippen LogP) is 2.33. The van der Waals surface area contributed by atoms with Crippen molar-refractivity contribution in [3.05, 3.63) is 27.1 Å². The van der Waals surface area contributed by atoms with E-state index in [1.165, 1.54) is 15.8 Å². The highest BCUT2D eigenvalue weighted by Crippen LogP contribution is 2.35. The molecule has 2 atom stereocenters. The van der Waals surface area contributed by atoms with E-state index < -0.39 is 12.0 Å². The van der Waals surface area contributed by atoms with E-state index in [0.717, 1.165) is 29.7 Å². The molecule has 2 heterocycles. The molecule has 0 aromatic carbocycles. The first-order valence-electron chi connectivity index (χ1n) is 8.20. The summed E-state index contributed by atoms with van der Waals surface area (Å²) in [5, 5.41) is 0.681. The van der Waals surface area contributed by atoms with Gasteiger partial charge in [0, 0.05) is 12.0 Å². The van der Waals surface area contributed by atoms with Gasteiger partial charge in [0.1, 0.15) is 17.5 Å². The maximum Gasteiger partial charge on any atom is 0.329 e. The Kier molecular flexibility index (Phi) is 5.01. The van der Waals surface area contributed by atoms with Crippen LogP contribution in [-0.4, -0.2) is 35.8 Å². The van der Waals surface area contributed by atoms with Gasteiger partial charge < -0.3 is 9.47 Å². The number of ether oxygens (including phenoxy) is 2. The van der Waals surface area contributed by atoms with Crippen molar-refractivity contribution in [2.75, 3.05) is 20.3 Å². The number of carbonyl (C=O) groups excluding carboxylic acids is 1. The average molecular weight is 350 g/mol. The van der Waals surface area contributed by atoms with Crippen molar-refractivity contribution in [3.8, 4) is 0 Å². The Balaban J connectivity index is 1.94. The summed E-state index contributed by atoms with van der Waals surface area (Å²) >= 11 is 1.61. The molecule has 1 aliphatic rings. The third-order valence-electron chi connectivity index (χ3n) is 4.53. The van der Waals surface area contributed by atoms with Gasteiger partial charge in [0.05, 0.1) is 18.3 Å². The summed E-state index contributed by atoms with van der Waals surface area (Å²) < 4.78 is 11.4. The van der Waals surface area contributed by atoms with Gasteiger partial charge in [0.25, 0.3) is 5.56 Å². The molecule has 0 amide bonds. The van der Waals surface area contributed by atoms with Gasteiger partial charge >= 0.3 is 5.97 Å². The van der Waals surface area contributed by atoms with Gasteiger partial charge in [0.15, 0.2) is 0 Å². The lowest BCUT2D eigenvalue weighted by Gasteiger charge is -2.18. The van der Waals surface area contributed by atoms with Gasteiger partial charge in [-0.05, 0) is 37.7 Å². The molecule has 3 rings (SSSR count). The number of aromatic nitrogens is 2. The van der Waals surface area contributed by atoms with Crippen LogP contribution in [0.25, 0.3) is 10.2 Å². The highest BCUT2D eigenvalue weighted by atomic mass is 32.1. The van der Waals surface area contributed by atoms with E-state index >= 15 is 0 Å². The van der Waals surface area contributed by atoms with Crippen LogP contribution in [-0.2, 0) is 27.1 Å². The third kappa shape index (κ3) is 3.10. The highest BCUT2D eigenvalue weighted by Gasteiger charge is 2.25. The van der Waals surface area contributed by atoms with Crippen molar-refractivity contribution in [2.45, 2.75) is 39.2 Å². The molecule has 0 aliphatic heterocycles. The first kappa shape index (κ1) is 17.1. The zero-order chi connectivity index (χ0) is 17.3. The van der Waals surface area contributed by atoms with Crippen molar-refractivity contribution < 1.29 is 14.3 Å². The number of hydrogen-bond donors (Lipinski definition) is 0. The Morgan fingerprint density at radius 1 is 1.50 bits per heavy atom. The van der Waals surface area contributed by atoms with Gasteiger partial charge in [-0.1, -0.05) is 6.92 Å². The quantitative estimate of drug-likeness (QED) is 0.611. The Morgan fingerprint density at radius 3 is 3.04 bits per heavy atom. The standard InChI is InChI=1S/C17H22N2O4S/c1-10-4-5-12-13(8-10)24-15-14(12)16(20)19(9-18-15)11(2)17(21)23-7-6-22-3/h9-11H,4-8H2,1-3H3. The number of rotatable bonds is 5. The van der Waals surface area contributed by atoms with E-state index in [0.29, 0.717) is 17.9 Å². The molecule has 6 nitrogen and oxygen atoms in total. The molecule has 24 heavy (non-hydrogen) atoms. The first-order valence-corrected chi connectivity index (χ1v) is 9.01. The predicted molar refractivity (Wildman–Crippen MR) is 92.6 cm³/mol. The Bertz CT molecular complexity index is 811. The second-order valence-electron chi connectivity index (χ2n) is 6.33. The number of carbonyl (C=O) groups is 1. The number of hydrogen-bond acceptors (Lipinski definition) is 6. The molecule has 0 N–H and O–H groups in total. The van der Waals surface area contributed by atoms with Gasteiger partial charge in [-0.15, -0.1) is 11.3 Å². The number of thiophene rings is 1. The minimum Gasteiger partial charge on any atom is -0.462 e. The largest absolute Gasteiger partial charge is 0.462 e. The lowest BCUT2D eigenvalue weighted by molar-refractivity contribution is -0.148. The van der Waals surface area contributed by atoms with Gasteiger partial charge in [0.2, 0.25) is 0 Å². The summed E-state index contributed by atoms with van der Waals surface area (Å²) in [5.41, 5.74) is 0.975. The summed E-state index contributed by atoms with van der Waals surface area (Å²) in [4.78, 5) is 31.5. The molecule has 2 unspecified atom stereocenters. The number of nitrogens with zero attached hydrogens (tertiary/aromatic N) is 2. The lowest BCUT2D eigenvalue weighted by Crippen LogP contribution is -2.30. The van der Waals surface area contributed by atoms with E-state index in [9.17, 15) is 9.59 Å². The first-order chi connectivity index (χ1) is 11.5. The van der Waals surface area contributed by atoms with Crippen LogP contribution in [0.5, 0.6) is 0 Å². The molecule has 0 fully saturated rings. The third-order valence-corrected chi connectivity index (χ3v) is 5.69. The molecular formula is C17H22N2O4S. The minimum absolute atomic E-state index is 0.150. The molecule has 130 valence electrons. The number of fused-ring (bicyclic) bond motifs is 3. The average Bonchev–Trinajstić information content (AvgIpc) is 2.92. The number of esters is 1. The normalized spacial score (nSPS) is 18.4. The van der Waals surface area contributed by atoms with Gasteiger partial charge in [-0.25, -0.2) is 9.78 Å². The van der Waals surface area contributed by atoms with Gasteiger partial charge in [-0.2, -0.15) is 0 Å². The fourth-order valence-corrected chi connectivity index (χ4v) is 4.42. The molecule has 2 aromatic rings. The van der Waals surface area contributed by atoms with E-state index in [2.05, 4.69) is 11.9 Å². The van der Waals surface area contributed by atoms with Crippen molar-refractivity contribution >= 4 is 27.5 Å². The second kappa shape index (κ2) is 7.03. The van der Waals surface area contributed by atoms with Crippen molar-refractivity contribution in [3.63, 3.8) is 0 Å². The van der Waals surface area contributed by atoms with Crippen LogP contribution in [0.15, 0.2) is 11.1 Å². The van der Waals surface area contributed by atoms with Crippen molar-refractivity contribution in [1.29, 1.82) is 0 Å². The summed E-state index contributed by atoms with van der Waals surface area (Å²) in [7, 11) is 1.54. The highest BCUT2D eigenvalue weighted by molar-refractivity contribution is 7.18. The lowest BCUT2D eigenvalue weighted by atomic mass is 9.89. The molecular weight excluding hydrogens is 328 g/mol. The summed E-state index contributed by atoms with van der Waals surface area (Å²) in [6.07, 6.45) is 4.45. The van der Waals surface area contributed by atoms with E-state index in [1.807, 2.05) is 0 Å². The van der Waals surface area contributed by atoms with Crippen LogP contribution >= 0.6 is 11.3 Å². The molecule has 1 aliphatic carbocycles. The zero-order valence-corrected chi connectivity index (χ0v) is 15.0. The van der Waals surface area contributed by atoms with Crippen LogP contribution < -0.4 is 5.56 Å². The van der Waals surface area contributed by atoms with Crippen molar-refractivity contribution in [2.24, 2.45) is 5.92 Å². The number of methoxy groups -OCH3 is 1. The molecule has 0 bridgehead atoms. The van der Waals surface area contributed by atoms with E-state index in [1.54, 1.807) is 25.4 Å². The SMILES string of the molecule is COCCOC(=O)C(C)n1cnc2sc3c(c2c1=O)CCC(C)C3. The molecule has 0 saturated heterocycles.